The van der Waals surface area contributed by atoms with Gasteiger partial charge in [-0.2, -0.15) is 0 Å². The van der Waals surface area contributed by atoms with Crippen LogP contribution >= 0.6 is 15.9 Å². The van der Waals surface area contributed by atoms with Crippen LogP contribution in [0.1, 0.15) is 42.5 Å². The average molecular weight is 360 g/mol. The first kappa shape index (κ1) is 15.2. The van der Waals surface area contributed by atoms with Crippen LogP contribution in [0.2, 0.25) is 0 Å². The molecule has 114 valence electrons. The first-order chi connectivity index (χ1) is 10.7. The van der Waals surface area contributed by atoms with Gasteiger partial charge in [0.1, 0.15) is 5.49 Å². The average Bonchev–Trinajstić information content (AvgIpc) is 2.56. The van der Waals surface area contributed by atoms with Crippen molar-refractivity contribution in [2.24, 2.45) is 4.99 Å². The fourth-order valence-electron chi connectivity index (χ4n) is 2.78. The van der Waals surface area contributed by atoms with Crippen molar-refractivity contribution < 1.29 is 4.79 Å². The first-order valence-corrected chi connectivity index (χ1v) is 8.40. The number of carbonyl (C=O) groups is 1. The van der Waals surface area contributed by atoms with E-state index in [1.807, 2.05) is 18.2 Å². The molecule has 4 nitrogen and oxygen atoms in total. The van der Waals surface area contributed by atoms with E-state index >= 15 is 0 Å². The molecule has 3 rings (SSSR count). The minimum atomic E-state index is -0.107. The molecule has 1 saturated carbocycles. The largest absolute Gasteiger partial charge is 0.268 e. The monoisotopic (exact) mass is 359 g/mol. The Morgan fingerprint density at radius 3 is 2.82 bits per heavy atom. The van der Waals surface area contributed by atoms with Gasteiger partial charge in [-0.3, -0.25) is 19.3 Å². The van der Waals surface area contributed by atoms with Crippen LogP contribution in [0.4, 0.5) is 0 Å². The van der Waals surface area contributed by atoms with Crippen LogP contribution in [0.15, 0.2) is 52.3 Å². The third kappa shape index (κ3) is 3.53. The van der Waals surface area contributed by atoms with Gasteiger partial charge < -0.3 is 0 Å². The summed E-state index contributed by atoms with van der Waals surface area (Å²) in [6.45, 7) is 0. The van der Waals surface area contributed by atoms with Crippen LogP contribution in [-0.2, 0) is 0 Å². The van der Waals surface area contributed by atoms with Crippen molar-refractivity contribution in [3.8, 4) is 0 Å². The summed E-state index contributed by atoms with van der Waals surface area (Å²) in [7, 11) is 0. The van der Waals surface area contributed by atoms with Gasteiger partial charge in [-0.1, -0.05) is 25.3 Å². The summed E-state index contributed by atoms with van der Waals surface area (Å²) in [6.07, 6.45) is 11.0. The molecule has 0 spiro atoms. The molecule has 0 atom stereocenters. The van der Waals surface area contributed by atoms with Crippen molar-refractivity contribution in [1.82, 2.24) is 9.55 Å². The van der Waals surface area contributed by atoms with Crippen molar-refractivity contribution in [2.45, 2.75) is 38.1 Å². The van der Waals surface area contributed by atoms with E-state index in [-0.39, 0.29) is 5.91 Å². The molecule has 1 aliphatic carbocycles. The summed E-state index contributed by atoms with van der Waals surface area (Å²) < 4.78 is 2.40. The van der Waals surface area contributed by atoms with Crippen molar-refractivity contribution in [3.63, 3.8) is 0 Å². The van der Waals surface area contributed by atoms with E-state index in [4.69, 9.17) is 4.99 Å². The number of hydrogen-bond donors (Lipinski definition) is 0. The lowest BCUT2D eigenvalue weighted by molar-refractivity contribution is 0.0954. The molecule has 0 aliphatic heterocycles. The zero-order valence-electron chi connectivity index (χ0n) is 12.3. The van der Waals surface area contributed by atoms with Gasteiger partial charge in [0.25, 0.3) is 5.91 Å². The number of carbonyl (C=O) groups excluding carboxylic acids is 1. The van der Waals surface area contributed by atoms with Gasteiger partial charge in [-0.05, 0) is 47.0 Å². The Labute approximate surface area is 138 Å². The van der Waals surface area contributed by atoms with Crippen LogP contribution in [0.3, 0.4) is 0 Å². The van der Waals surface area contributed by atoms with Gasteiger partial charge in [-0.25, -0.2) is 0 Å². The predicted molar refractivity (Wildman–Crippen MR) is 88.5 cm³/mol. The second-order valence-electron chi connectivity index (χ2n) is 5.55. The van der Waals surface area contributed by atoms with Crippen molar-refractivity contribution in [3.05, 3.63) is 58.4 Å². The molecule has 1 fully saturated rings. The number of aromatic nitrogens is 2. The summed E-state index contributed by atoms with van der Waals surface area (Å²) >= 11 is 3.35. The molecule has 1 aliphatic rings. The third-order valence-electron chi connectivity index (χ3n) is 3.90. The highest BCUT2D eigenvalue weighted by Crippen LogP contribution is 2.19. The van der Waals surface area contributed by atoms with Gasteiger partial charge >= 0.3 is 0 Å². The molecule has 0 N–H and O–H groups in total. The molecule has 5 heteroatoms. The Morgan fingerprint density at radius 2 is 2.05 bits per heavy atom. The maximum atomic E-state index is 12.7. The van der Waals surface area contributed by atoms with Crippen LogP contribution in [0.25, 0.3) is 0 Å². The molecule has 2 aromatic rings. The number of hydrogen-bond acceptors (Lipinski definition) is 3. The van der Waals surface area contributed by atoms with Gasteiger partial charge in [0.05, 0.1) is 11.6 Å². The van der Waals surface area contributed by atoms with Gasteiger partial charge in [0.15, 0.2) is 0 Å². The smallest absolute Gasteiger partial charge is 0.265 e. The summed E-state index contributed by atoms with van der Waals surface area (Å²) in [5, 5.41) is 0. The lowest BCUT2D eigenvalue weighted by Crippen LogP contribution is -2.29. The molecule has 2 aromatic heterocycles. The lowest BCUT2D eigenvalue weighted by atomic mass is 9.96. The second-order valence-corrected chi connectivity index (χ2v) is 6.46. The second kappa shape index (κ2) is 7.01. The Morgan fingerprint density at radius 1 is 1.23 bits per heavy atom. The molecule has 22 heavy (non-hydrogen) atoms. The zero-order valence-corrected chi connectivity index (χ0v) is 13.9. The fourth-order valence-corrected chi connectivity index (χ4v) is 3.14. The van der Waals surface area contributed by atoms with Gasteiger partial charge in [-0.15, -0.1) is 0 Å². The molecule has 2 heterocycles. The normalized spacial score (nSPS) is 16.7. The van der Waals surface area contributed by atoms with Crippen molar-refractivity contribution in [2.75, 3.05) is 0 Å². The zero-order chi connectivity index (χ0) is 15.4. The number of halogens is 1. The van der Waals surface area contributed by atoms with Crippen LogP contribution < -0.4 is 5.49 Å². The number of nitrogens with zero attached hydrogens (tertiary/aromatic N) is 3. The first-order valence-electron chi connectivity index (χ1n) is 7.61. The highest BCUT2D eigenvalue weighted by atomic mass is 79.9. The number of rotatable bonds is 2. The summed E-state index contributed by atoms with van der Waals surface area (Å²) in [5.74, 6) is -0.107. The molecule has 0 aromatic carbocycles. The summed E-state index contributed by atoms with van der Waals surface area (Å²) in [5.41, 5.74) is 1.27. The molecule has 0 saturated heterocycles. The Bertz CT molecular complexity index is 732. The molecular weight excluding hydrogens is 342 g/mol. The molecule has 0 amide bonds. The van der Waals surface area contributed by atoms with E-state index in [1.54, 1.807) is 29.2 Å². The highest BCUT2D eigenvalue weighted by Gasteiger charge is 2.13. The minimum Gasteiger partial charge on any atom is -0.268 e. The van der Waals surface area contributed by atoms with E-state index in [0.717, 1.165) is 22.8 Å². The quantitative estimate of drug-likeness (QED) is 0.822. The van der Waals surface area contributed by atoms with Gasteiger partial charge in [0, 0.05) is 23.1 Å². The van der Waals surface area contributed by atoms with E-state index in [9.17, 15) is 4.79 Å². The maximum Gasteiger partial charge on any atom is 0.265 e. The standard InChI is InChI=1S/C17H18BrN3O/c18-14-10-13(11-19-12-14)17(22)21-9-5-4-8-16(21)20-15-6-2-1-3-7-15/h4-5,8-12,15H,1-3,6-7H2. The molecule has 0 radical (unpaired) electrons. The van der Waals surface area contributed by atoms with E-state index in [0.29, 0.717) is 11.6 Å². The predicted octanol–water partition coefficient (Wildman–Crippen LogP) is 3.57. The van der Waals surface area contributed by atoms with Crippen molar-refractivity contribution >= 4 is 21.8 Å². The Hall–Kier alpha value is -1.75. The molecule has 0 unspecified atom stereocenters. The van der Waals surface area contributed by atoms with Crippen LogP contribution in [0.5, 0.6) is 0 Å². The Balaban J connectivity index is 1.97. The number of pyridine rings is 2. The Kier molecular flexibility index (Phi) is 4.83. The molecular formula is C17H18BrN3O. The van der Waals surface area contributed by atoms with Gasteiger partial charge in [0.2, 0.25) is 0 Å². The maximum absolute atomic E-state index is 12.7. The van der Waals surface area contributed by atoms with E-state index in [1.165, 1.54) is 19.3 Å². The van der Waals surface area contributed by atoms with E-state index < -0.39 is 0 Å². The minimum absolute atomic E-state index is 0.107. The van der Waals surface area contributed by atoms with Crippen molar-refractivity contribution in [1.29, 1.82) is 0 Å². The van der Waals surface area contributed by atoms with Crippen LogP contribution in [0, 0.1) is 0 Å². The highest BCUT2D eigenvalue weighted by molar-refractivity contribution is 9.10. The van der Waals surface area contributed by atoms with E-state index in [2.05, 4.69) is 20.9 Å². The molecule has 0 bridgehead atoms. The topological polar surface area (TPSA) is 47.2 Å². The summed E-state index contributed by atoms with van der Waals surface area (Å²) in [4.78, 5) is 21.6. The summed E-state index contributed by atoms with van der Waals surface area (Å²) in [6, 6.07) is 7.78. The van der Waals surface area contributed by atoms with Crippen LogP contribution in [-0.4, -0.2) is 21.5 Å². The third-order valence-corrected chi connectivity index (χ3v) is 4.33. The lowest BCUT2D eigenvalue weighted by Gasteiger charge is -2.17. The fraction of sp³-hybridized carbons (Fsp3) is 0.353. The SMILES string of the molecule is O=C(c1cncc(Br)c1)n1ccccc1=NC1CCCCC1.